The second-order valence-corrected chi connectivity index (χ2v) is 10.5. The third-order valence-electron chi connectivity index (χ3n) is 7.20. The molecule has 0 bridgehead atoms. The Hall–Kier alpha value is -3.50. The first-order valence-corrected chi connectivity index (χ1v) is 13.6. The maximum Gasteiger partial charge on any atom is 0.328 e. The molecule has 2 aliphatic rings. The second-order valence-electron chi connectivity index (χ2n) is 9.64. The van der Waals surface area contributed by atoms with E-state index in [1.54, 1.807) is 11.0 Å². The van der Waals surface area contributed by atoms with Gasteiger partial charge in [-0.25, -0.2) is 9.59 Å². The number of hydrogen-bond donors (Lipinski definition) is 3. The number of urea groups is 1. The molecule has 2 fully saturated rings. The van der Waals surface area contributed by atoms with E-state index >= 15 is 0 Å². The minimum atomic E-state index is -1.41. The summed E-state index contributed by atoms with van der Waals surface area (Å²) >= 11 is 12.1. The first-order chi connectivity index (χ1) is 18.7. The average Bonchev–Trinajstić information content (AvgIpc) is 3.18. The molecule has 4 rings (SSSR count). The fourth-order valence-electron chi connectivity index (χ4n) is 5.17. The van der Waals surface area contributed by atoms with Gasteiger partial charge in [0.05, 0.1) is 28.8 Å². The summed E-state index contributed by atoms with van der Waals surface area (Å²) in [7, 11) is 0. The first kappa shape index (κ1) is 28.5. The number of likely N-dealkylation sites (tertiary alicyclic amines) is 1. The Kier molecular flexibility index (Phi) is 8.87. The number of para-hydroxylation sites is 1. The molecule has 3 N–H and O–H groups in total. The van der Waals surface area contributed by atoms with Crippen LogP contribution < -0.4 is 15.5 Å². The summed E-state index contributed by atoms with van der Waals surface area (Å²) in [6.07, 6.45) is 1.74. The zero-order chi connectivity index (χ0) is 28.2. The normalized spacial score (nSPS) is 17.3. The number of hydrogen-bond acceptors (Lipinski definition) is 5. The van der Waals surface area contributed by atoms with E-state index in [4.69, 9.17) is 23.2 Å². The third-order valence-corrected chi connectivity index (χ3v) is 7.83. The van der Waals surface area contributed by atoms with Crippen molar-refractivity contribution in [3.05, 3.63) is 64.1 Å². The van der Waals surface area contributed by atoms with Crippen LogP contribution in [0, 0.1) is 0 Å². The standard InChI is InChI=1S/C27H31Cl2N5O5/c1-2-13-33-17-34(18-7-4-3-5-8-18)27(25(33)38)11-14-32(15-12-27)26(39)30-16-21(24(36)37)31-23(35)22-19(28)9-6-10-20(22)29/h3-10,21H,2,11-17H2,1H3,(H,30,39)(H,31,35)(H,36,37)/t21-/m0/s1. The lowest BCUT2D eigenvalue weighted by molar-refractivity contribution is -0.139. The van der Waals surface area contributed by atoms with Gasteiger partial charge in [0.1, 0.15) is 11.6 Å². The van der Waals surface area contributed by atoms with Crippen LogP contribution in [-0.4, -0.2) is 83.1 Å². The van der Waals surface area contributed by atoms with Crippen molar-refractivity contribution in [3.63, 3.8) is 0 Å². The molecule has 0 unspecified atom stereocenters. The molecule has 4 amide bonds. The summed E-state index contributed by atoms with van der Waals surface area (Å²) in [6.45, 7) is 3.49. The molecular formula is C27H31Cl2N5O5. The Morgan fingerprint density at radius 2 is 1.67 bits per heavy atom. The molecule has 0 aliphatic carbocycles. The average molecular weight is 576 g/mol. The zero-order valence-corrected chi connectivity index (χ0v) is 23.0. The molecule has 39 heavy (non-hydrogen) atoms. The molecule has 2 heterocycles. The maximum absolute atomic E-state index is 13.5. The van der Waals surface area contributed by atoms with Gasteiger partial charge in [-0.1, -0.05) is 54.4 Å². The SMILES string of the molecule is CCCN1CN(c2ccccc2)C2(CCN(C(=O)NC[C@H](NC(=O)c3c(Cl)cccc3Cl)C(=O)O)CC2)C1=O. The summed E-state index contributed by atoms with van der Waals surface area (Å²) in [5.41, 5.74) is 0.182. The lowest BCUT2D eigenvalue weighted by atomic mass is 9.85. The molecular weight excluding hydrogens is 545 g/mol. The van der Waals surface area contributed by atoms with Gasteiger partial charge in [0.25, 0.3) is 5.91 Å². The summed E-state index contributed by atoms with van der Waals surface area (Å²) in [4.78, 5) is 56.5. The lowest BCUT2D eigenvalue weighted by Crippen LogP contribution is -2.59. The molecule has 12 heteroatoms. The molecule has 208 valence electrons. The maximum atomic E-state index is 13.5. The minimum absolute atomic E-state index is 0.0407. The molecule has 10 nitrogen and oxygen atoms in total. The van der Waals surface area contributed by atoms with Crippen molar-refractivity contribution < 1.29 is 24.3 Å². The van der Waals surface area contributed by atoms with Gasteiger partial charge in [0.2, 0.25) is 5.91 Å². The third kappa shape index (κ3) is 5.91. The zero-order valence-electron chi connectivity index (χ0n) is 21.5. The Labute approximate surface area is 236 Å². The van der Waals surface area contributed by atoms with E-state index in [9.17, 15) is 24.3 Å². The Morgan fingerprint density at radius 1 is 1.03 bits per heavy atom. The van der Waals surface area contributed by atoms with Gasteiger partial charge in [-0.15, -0.1) is 0 Å². The van der Waals surface area contributed by atoms with Crippen molar-refractivity contribution in [1.82, 2.24) is 20.4 Å². The molecule has 2 aromatic carbocycles. The number of carboxylic acids is 1. The minimum Gasteiger partial charge on any atom is -0.480 e. The number of carboxylic acid groups (broad SMARTS) is 1. The van der Waals surface area contributed by atoms with Gasteiger partial charge in [0, 0.05) is 25.3 Å². The summed E-state index contributed by atoms with van der Waals surface area (Å²) in [5.74, 6) is -2.01. The van der Waals surface area contributed by atoms with Crippen LogP contribution in [-0.2, 0) is 9.59 Å². The highest BCUT2D eigenvalue weighted by Gasteiger charge is 2.53. The number of benzene rings is 2. The van der Waals surface area contributed by atoms with E-state index in [2.05, 4.69) is 15.5 Å². The highest BCUT2D eigenvalue weighted by atomic mass is 35.5. The van der Waals surface area contributed by atoms with Crippen molar-refractivity contribution in [2.24, 2.45) is 0 Å². The topological polar surface area (TPSA) is 122 Å². The van der Waals surface area contributed by atoms with E-state index in [0.29, 0.717) is 39.1 Å². The number of carbonyl (C=O) groups excluding carboxylic acids is 3. The van der Waals surface area contributed by atoms with Crippen molar-refractivity contribution in [2.45, 2.75) is 37.8 Å². The van der Waals surface area contributed by atoms with Crippen molar-refractivity contribution in [1.29, 1.82) is 0 Å². The van der Waals surface area contributed by atoms with Crippen LogP contribution in [0.1, 0.15) is 36.5 Å². The molecule has 2 saturated heterocycles. The van der Waals surface area contributed by atoms with Crippen LogP contribution in [0.2, 0.25) is 10.0 Å². The molecule has 2 aliphatic heterocycles. The van der Waals surface area contributed by atoms with Gasteiger partial charge >= 0.3 is 12.0 Å². The quantitative estimate of drug-likeness (QED) is 0.443. The number of carbonyl (C=O) groups is 4. The molecule has 0 aromatic heterocycles. The van der Waals surface area contributed by atoms with Crippen molar-refractivity contribution >= 4 is 52.7 Å². The highest BCUT2D eigenvalue weighted by molar-refractivity contribution is 6.39. The number of nitrogens with zero attached hydrogens (tertiary/aromatic N) is 3. The van der Waals surface area contributed by atoms with Crippen LogP contribution in [0.15, 0.2) is 48.5 Å². The molecule has 2 aromatic rings. The van der Waals surface area contributed by atoms with E-state index in [-0.39, 0.29) is 28.1 Å². The lowest BCUT2D eigenvalue weighted by Gasteiger charge is -2.43. The number of rotatable bonds is 8. The summed E-state index contributed by atoms with van der Waals surface area (Å²) in [6, 6.07) is 12.4. The second kappa shape index (κ2) is 12.1. The largest absolute Gasteiger partial charge is 0.480 e. The predicted octanol–water partition coefficient (Wildman–Crippen LogP) is 3.44. The van der Waals surface area contributed by atoms with Crippen LogP contribution >= 0.6 is 23.2 Å². The Balaban J connectivity index is 1.39. The predicted molar refractivity (Wildman–Crippen MR) is 148 cm³/mol. The number of aliphatic carboxylic acids is 1. The Bertz CT molecular complexity index is 1220. The number of nitrogens with one attached hydrogen (secondary N) is 2. The van der Waals surface area contributed by atoms with E-state index < -0.39 is 29.5 Å². The Morgan fingerprint density at radius 3 is 2.26 bits per heavy atom. The van der Waals surface area contributed by atoms with Crippen LogP contribution in [0.4, 0.5) is 10.5 Å². The molecule has 0 radical (unpaired) electrons. The van der Waals surface area contributed by atoms with Gasteiger partial charge < -0.3 is 30.4 Å². The van der Waals surface area contributed by atoms with Crippen LogP contribution in [0.25, 0.3) is 0 Å². The summed E-state index contributed by atoms with van der Waals surface area (Å²) in [5, 5.41) is 14.7. The van der Waals surface area contributed by atoms with Gasteiger partial charge in [0.15, 0.2) is 0 Å². The number of amides is 4. The van der Waals surface area contributed by atoms with Gasteiger partial charge in [-0.3, -0.25) is 9.59 Å². The van der Waals surface area contributed by atoms with Crippen LogP contribution in [0.3, 0.4) is 0 Å². The van der Waals surface area contributed by atoms with Crippen LogP contribution in [0.5, 0.6) is 0 Å². The van der Waals surface area contributed by atoms with E-state index in [0.717, 1.165) is 12.1 Å². The van der Waals surface area contributed by atoms with Gasteiger partial charge in [-0.05, 0) is 43.5 Å². The van der Waals surface area contributed by atoms with Crippen molar-refractivity contribution in [3.8, 4) is 0 Å². The fraction of sp³-hybridized carbons (Fsp3) is 0.407. The first-order valence-electron chi connectivity index (χ1n) is 12.8. The molecule has 0 saturated carbocycles. The van der Waals surface area contributed by atoms with Gasteiger partial charge in [-0.2, -0.15) is 0 Å². The number of halogens is 2. The van der Waals surface area contributed by atoms with E-state index in [1.165, 1.54) is 12.1 Å². The fourth-order valence-corrected chi connectivity index (χ4v) is 5.74. The number of anilines is 1. The smallest absolute Gasteiger partial charge is 0.328 e. The molecule has 1 atom stereocenters. The van der Waals surface area contributed by atoms with Crippen molar-refractivity contribution in [2.75, 3.05) is 37.7 Å². The summed E-state index contributed by atoms with van der Waals surface area (Å²) < 4.78 is 0. The molecule has 1 spiro atoms. The monoisotopic (exact) mass is 575 g/mol. The number of piperidine rings is 1. The highest BCUT2D eigenvalue weighted by Crippen LogP contribution is 2.39. The van der Waals surface area contributed by atoms with E-state index in [1.807, 2.05) is 42.2 Å².